The normalized spacial score (nSPS) is 9.79. The second kappa shape index (κ2) is 5.18. The molecule has 1 aromatic carbocycles. The van der Waals surface area contributed by atoms with Gasteiger partial charge in [0.25, 0.3) is 5.09 Å². The molecule has 0 spiro atoms. The molecular formula is C9H12N2O3. The number of hydrogen-bond donors (Lipinski definition) is 1. The lowest BCUT2D eigenvalue weighted by Crippen LogP contribution is -2.04. The molecule has 0 amide bonds. The summed E-state index contributed by atoms with van der Waals surface area (Å²) in [6.45, 7) is 0.611. The molecule has 0 saturated carbocycles. The van der Waals surface area contributed by atoms with E-state index in [9.17, 15) is 10.1 Å². The molecule has 5 nitrogen and oxygen atoms in total. The van der Waals surface area contributed by atoms with Crippen molar-refractivity contribution in [3.05, 3.63) is 39.9 Å². The Morgan fingerprint density at radius 2 is 2.29 bits per heavy atom. The first-order valence-corrected chi connectivity index (χ1v) is 4.34. The zero-order valence-corrected chi connectivity index (χ0v) is 7.68. The van der Waals surface area contributed by atoms with Gasteiger partial charge in [-0.15, -0.1) is 10.1 Å². The van der Waals surface area contributed by atoms with Gasteiger partial charge in [0.05, 0.1) is 0 Å². The molecule has 5 heteroatoms. The molecule has 0 radical (unpaired) electrons. The van der Waals surface area contributed by atoms with Crippen molar-refractivity contribution < 1.29 is 9.92 Å². The van der Waals surface area contributed by atoms with E-state index in [1.165, 1.54) is 0 Å². The summed E-state index contributed by atoms with van der Waals surface area (Å²) in [6.07, 6.45) is 1.67. The van der Waals surface area contributed by atoms with Gasteiger partial charge >= 0.3 is 0 Å². The molecule has 0 aromatic heterocycles. The van der Waals surface area contributed by atoms with Crippen molar-refractivity contribution in [3.63, 3.8) is 0 Å². The van der Waals surface area contributed by atoms with Crippen LogP contribution in [0.1, 0.15) is 12.0 Å². The van der Waals surface area contributed by atoms with Gasteiger partial charge in [-0.3, -0.25) is 4.84 Å². The van der Waals surface area contributed by atoms with Crippen molar-refractivity contribution in [2.75, 3.05) is 6.54 Å². The largest absolute Gasteiger partial charge is 0.330 e. The summed E-state index contributed by atoms with van der Waals surface area (Å²) < 4.78 is 0. The highest BCUT2D eigenvalue weighted by atomic mass is 17.0. The van der Waals surface area contributed by atoms with Crippen LogP contribution in [-0.4, -0.2) is 11.6 Å². The van der Waals surface area contributed by atoms with Crippen LogP contribution < -0.4 is 10.6 Å². The lowest BCUT2D eigenvalue weighted by molar-refractivity contribution is -0.711. The minimum Gasteiger partial charge on any atom is -0.330 e. The molecule has 0 aliphatic rings. The van der Waals surface area contributed by atoms with Crippen LogP contribution in [-0.2, 0) is 6.42 Å². The molecule has 2 N–H and O–H groups in total. The highest BCUT2D eigenvalue weighted by molar-refractivity contribution is 5.28. The molecule has 1 aromatic rings. The van der Waals surface area contributed by atoms with Crippen LogP contribution in [0.2, 0.25) is 0 Å². The number of rotatable bonds is 5. The van der Waals surface area contributed by atoms with E-state index in [-0.39, 0.29) is 5.75 Å². The van der Waals surface area contributed by atoms with Crippen LogP contribution in [0.25, 0.3) is 0 Å². The summed E-state index contributed by atoms with van der Waals surface area (Å²) in [7, 11) is 0. The fourth-order valence-electron chi connectivity index (χ4n) is 1.15. The maximum atomic E-state index is 10.1. The Labute approximate surface area is 81.6 Å². The Bertz CT molecular complexity index is 315. The third kappa shape index (κ3) is 3.40. The zero-order chi connectivity index (χ0) is 10.4. The maximum absolute atomic E-state index is 10.1. The molecule has 0 bridgehead atoms. The summed E-state index contributed by atoms with van der Waals surface area (Å²) in [5.41, 5.74) is 6.35. The van der Waals surface area contributed by atoms with Crippen LogP contribution in [0, 0.1) is 10.1 Å². The first-order chi connectivity index (χ1) is 6.72. The summed E-state index contributed by atoms with van der Waals surface area (Å²) in [5, 5.41) is 9.24. The maximum Gasteiger partial charge on any atom is 0.299 e. The predicted octanol–water partition coefficient (Wildman–Crippen LogP) is 1.15. The van der Waals surface area contributed by atoms with Crippen molar-refractivity contribution >= 4 is 0 Å². The molecule has 0 saturated heterocycles. The van der Waals surface area contributed by atoms with Crippen molar-refractivity contribution in [2.45, 2.75) is 12.8 Å². The van der Waals surface area contributed by atoms with Crippen molar-refractivity contribution in [1.29, 1.82) is 0 Å². The quantitative estimate of drug-likeness (QED) is 0.566. The fraction of sp³-hybridized carbons (Fsp3) is 0.333. The lowest BCUT2D eigenvalue weighted by Gasteiger charge is -2.02. The van der Waals surface area contributed by atoms with Crippen molar-refractivity contribution in [1.82, 2.24) is 0 Å². The first kappa shape index (κ1) is 10.5. The Kier molecular flexibility index (Phi) is 3.87. The summed E-state index contributed by atoms with van der Waals surface area (Å²) in [5.74, 6) is 0.254. The minimum absolute atomic E-state index is 0.254. The van der Waals surface area contributed by atoms with Crippen LogP contribution in [0.15, 0.2) is 24.3 Å². The van der Waals surface area contributed by atoms with Crippen LogP contribution in [0.4, 0.5) is 0 Å². The van der Waals surface area contributed by atoms with E-state index in [0.717, 1.165) is 18.4 Å². The van der Waals surface area contributed by atoms with Crippen molar-refractivity contribution in [2.24, 2.45) is 5.73 Å². The Hall–Kier alpha value is -1.62. The van der Waals surface area contributed by atoms with Gasteiger partial charge in [-0.1, -0.05) is 12.1 Å². The van der Waals surface area contributed by atoms with Gasteiger partial charge < -0.3 is 5.73 Å². The molecular weight excluding hydrogens is 184 g/mol. The van der Waals surface area contributed by atoms with Gasteiger partial charge in [-0.2, -0.15) is 0 Å². The summed E-state index contributed by atoms with van der Waals surface area (Å²) >= 11 is 0. The molecule has 0 fully saturated rings. The summed E-state index contributed by atoms with van der Waals surface area (Å²) in [4.78, 5) is 14.4. The number of nitrogens with two attached hydrogens (primary N) is 1. The average Bonchev–Trinajstić information content (AvgIpc) is 2.14. The van der Waals surface area contributed by atoms with E-state index in [0.29, 0.717) is 6.54 Å². The lowest BCUT2D eigenvalue weighted by atomic mass is 10.1. The van der Waals surface area contributed by atoms with Crippen LogP contribution in [0.5, 0.6) is 5.75 Å². The third-order valence-electron chi connectivity index (χ3n) is 1.75. The number of benzene rings is 1. The first-order valence-electron chi connectivity index (χ1n) is 4.34. The zero-order valence-electron chi connectivity index (χ0n) is 7.68. The Morgan fingerprint density at radius 1 is 1.50 bits per heavy atom. The molecule has 0 aliphatic carbocycles. The van der Waals surface area contributed by atoms with Crippen LogP contribution >= 0.6 is 0 Å². The van der Waals surface area contributed by atoms with E-state index >= 15 is 0 Å². The van der Waals surface area contributed by atoms with Gasteiger partial charge in [0.2, 0.25) is 0 Å². The van der Waals surface area contributed by atoms with E-state index in [4.69, 9.17) is 5.73 Å². The number of hydrogen-bond acceptors (Lipinski definition) is 4. The molecule has 14 heavy (non-hydrogen) atoms. The molecule has 0 aliphatic heterocycles. The average molecular weight is 196 g/mol. The minimum atomic E-state index is -0.817. The van der Waals surface area contributed by atoms with Gasteiger partial charge in [0.15, 0.2) is 0 Å². The molecule has 0 atom stereocenters. The highest BCUT2D eigenvalue weighted by Crippen LogP contribution is 2.14. The topological polar surface area (TPSA) is 78.4 Å². The molecule has 0 unspecified atom stereocenters. The number of aryl methyl sites for hydroxylation is 1. The van der Waals surface area contributed by atoms with Crippen LogP contribution in [0.3, 0.4) is 0 Å². The van der Waals surface area contributed by atoms with Gasteiger partial charge in [0, 0.05) is 0 Å². The van der Waals surface area contributed by atoms with E-state index in [2.05, 4.69) is 4.84 Å². The Balaban J connectivity index is 2.63. The monoisotopic (exact) mass is 196 g/mol. The van der Waals surface area contributed by atoms with Gasteiger partial charge in [0.1, 0.15) is 5.75 Å². The number of nitrogens with zero attached hydrogens (tertiary/aromatic N) is 1. The Morgan fingerprint density at radius 3 is 2.93 bits per heavy atom. The van der Waals surface area contributed by atoms with Crippen molar-refractivity contribution in [3.8, 4) is 5.75 Å². The van der Waals surface area contributed by atoms with Gasteiger partial charge in [-0.05, 0) is 37.1 Å². The predicted molar refractivity (Wildman–Crippen MR) is 51.4 cm³/mol. The second-order valence-electron chi connectivity index (χ2n) is 2.85. The second-order valence-corrected chi connectivity index (χ2v) is 2.85. The summed E-state index contributed by atoms with van der Waals surface area (Å²) in [6, 6.07) is 6.82. The highest BCUT2D eigenvalue weighted by Gasteiger charge is 2.00. The molecule has 0 heterocycles. The van der Waals surface area contributed by atoms with E-state index in [1.807, 2.05) is 6.07 Å². The van der Waals surface area contributed by atoms with E-state index < -0.39 is 5.09 Å². The van der Waals surface area contributed by atoms with Gasteiger partial charge in [-0.25, -0.2) is 0 Å². The van der Waals surface area contributed by atoms with E-state index in [1.54, 1.807) is 18.2 Å². The SMILES string of the molecule is NCCCc1cccc(O[N+](=O)[O-])c1. The molecule has 1 rings (SSSR count). The third-order valence-corrected chi connectivity index (χ3v) is 1.75. The fourth-order valence-corrected chi connectivity index (χ4v) is 1.15. The smallest absolute Gasteiger partial charge is 0.299 e. The standard InChI is InChI=1S/C9H12N2O3/c10-6-2-4-8-3-1-5-9(7-8)14-11(12)13/h1,3,5,7H,2,4,6,10H2. The molecule has 76 valence electrons.